The van der Waals surface area contributed by atoms with Crippen molar-refractivity contribution in [2.24, 2.45) is 0 Å². The number of rotatable bonds is 9. The zero-order valence-corrected chi connectivity index (χ0v) is 19.5. The number of amides is 2. The van der Waals surface area contributed by atoms with Crippen molar-refractivity contribution < 1.29 is 9.59 Å². The van der Waals surface area contributed by atoms with Crippen LogP contribution in [0.5, 0.6) is 0 Å². The Balaban J connectivity index is 1.21. The normalized spacial score (nSPS) is 14.0. The summed E-state index contributed by atoms with van der Waals surface area (Å²) in [5.74, 6) is 0.365. The van der Waals surface area contributed by atoms with Gasteiger partial charge in [-0.3, -0.25) is 9.59 Å². The molecule has 1 heterocycles. The van der Waals surface area contributed by atoms with E-state index in [1.807, 2.05) is 78.9 Å². The Bertz CT molecular complexity index is 1250. The number of imidazole rings is 1. The second-order valence-corrected chi connectivity index (χ2v) is 9.51. The van der Waals surface area contributed by atoms with Crippen molar-refractivity contribution in [3.63, 3.8) is 0 Å². The van der Waals surface area contributed by atoms with Crippen LogP contribution < -0.4 is 10.6 Å². The van der Waals surface area contributed by atoms with E-state index < -0.39 is 6.04 Å². The maximum atomic E-state index is 12.9. The molecule has 3 N–H and O–H groups in total. The van der Waals surface area contributed by atoms with Gasteiger partial charge in [-0.2, -0.15) is 0 Å². The summed E-state index contributed by atoms with van der Waals surface area (Å²) in [7, 11) is 0. The van der Waals surface area contributed by atoms with Crippen molar-refractivity contribution in [3.8, 4) is 0 Å². The maximum absolute atomic E-state index is 12.9. The van der Waals surface area contributed by atoms with Gasteiger partial charge in [0.2, 0.25) is 5.91 Å². The number of benzene rings is 3. The van der Waals surface area contributed by atoms with Crippen LogP contribution >= 0.6 is 11.8 Å². The molecule has 1 fully saturated rings. The van der Waals surface area contributed by atoms with Crippen LogP contribution in [-0.4, -0.2) is 33.9 Å². The Morgan fingerprint density at radius 2 is 1.68 bits per heavy atom. The monoisotopic (exact) mass is 470 g/mol. The summed E-state index contributed by atoms with van der Waals surface area (Å²) in [6, 6.07) is 24.8. The Labute approximate surface area is 202 Å². The van der Waals surface area contributed by atoms with Gasteiger partial charge >= 0.3 is 0 Å². The highest BCUT2D eigenvalue weighted by atomic mass is 32.2. The van der Waals surface area contributed by atoms with Crippen LogP contribution in [0, 0.1) is 0 Å². The molecule has 0 bridgehead atoms. The summed E-state index contributed by atoms with van der Waals surface area (Å²) in [6.07, 6.45) is 2.47. The van der Waals surface area contributed by atoms with E-state index in [0.29, 0.717) is 12.0 Å². The predicted molar refractivity (Wildman–Crippen MR) is 135 cm³/mol. The minimum atomic E-state index is -0.612. The predicted octanol–water partition coefficient (Wildman–Crippen LogP) is 4.47. The van der Waals surface area contributed by atoms with Gasteiger partial charge < -0.3 is 15.6 Å². The van der Waals surface area contributed by atoms with Crippen molar-refractivity contribution in [2.45, 2.75) is 42.3 Å². The van der Waals surface area contributed by atoms with E-state index >= 15 is 0 Å². The van der Waals surface area contributed by atoms with Gasteiger partial charge in [-0.05, 0) is 48.2 Å². The first-order valence-corrected chi connectivity index (χ1v) is 12.4. The molecule has 1 aromatic heterocycles. The first-order chi connectivity index (χ1) is 16.6. The lowest BCUT2D eigenvalue weighted by atomic mass is 10.0. The van der Waals surface area contributed by atoms with E-state index in [4.69, 9.17) is 0 Å². The lowest BCUT2D eigenvalue weighted by molar-refractivity contribution is -0.123. The quantitative estimate of drug-likeness (QED) is 0.315. The fourth-order valence-corrected chi connectivity index (χ4v) is 4.57. The fourth-order valence-electron chi connectivity index (χ4n) is 3.73. The number of fused-ring (bicyclic) bond motifs is 1. The summed E-state index contributed by atoms with van der Waals surface area (Å²) in [5.41, 5.74) is 4.61. The molecule has 172 valence electrons. The number of aromatic amines is 1. The van der Waals surface area contributed by atoms with Gasteiger partial charge in [0, 0.05) is 23.8 Å². The van der Waals surface area contributed by atoms with E-state index in [1.165, 1.54) is 0 Å². The summed E-state index contributed by atoms with van der Waals surface area (Å²) >= 11 is 1.62. The highest BCUT2D eigenvalue weighted by Gasteiger charge is 2.28. The Kier molecular flexibility index (Phi) is 6.62. The summed E-state index contributed by atoms with van der Waals surface area (Å²) in [4.78, 5) is 33.6. The van der Waals surface area contributed by atoms with Gasteiger partial charge in [0.15, 0.2) is 5.16 Å². The number of carbonyl (C=O) groups excluding carboxylic acids is 2. The Morgan fingerprint density at radius 3 is 2.41 bits per heavy atom. The molecule has 3 aromatic carbocycles. The number of para-hydroxylation sites is 2. The van der Waals surface area contributed by atoms with Crippen LogP contribution in [0.1, 0.15) is 34.3 Å². The SMILES string of the molecule is O=C(NC(Cc1ccccc1)C(=O)NC1CC1)c1ccc(CSc2nc3ccccc3[nH]2)cc1. The fraction of sp³-hybridized carbons (Fsp3) is 0.222. The number of nitrogens with zero attached hydrogens (tertiary/aromatic N) is 1. The largest absolute Gasteiger partial charge is 0.352 e. The van der Waals surface area contributed by atoms with Crippen molar-refractivity contribution in [2.75, 3.05) is 0 Å². The van der Waals surface area contributed by atoms with Gasteiger partial charge in [0.25, 0.3) is 5.91 Å². The van der Waals surface area contributed by atoms with E-state index in [1.54, 1.807) is 11.8 Å². The number of carbonyl (C=O) groups is 2. The molecule has 0 radical (unpaired) electrons. The average molecular weight is 471 g/mol. The molecule has 1 aliphatic carbocycles. The third kappa shape index (κ3) is 5.66. The zero-order valence-electron chi connectivity index (χ0n) is 18.7. The Morgan fingerprint density at radius 1 is 0.941 bits per heavy atom. The highest BCUT2D eigenvalue weighted by molar-refractivity contribution is 7.98. The minimum absolute atomic E-state index is 0.126. The van der Waals surface area contributed by atoms with E-state index in [9.17, 15) is 9.59 Å². The van der Waals surface area contributed by atoms with Crippen LogP contribution in [0.15, 0.2) is 84.0 Å². The van der Waals surface area contributed by atoms with Gasteiger partial charge in [-0.15, -0.1) is 0 Å². The van der Waals surface area contributed by atoms with E-state index in [0.717, 1.165) is 45.9 Å². The van der Waals surface area contributed by atoms with Crippen LogP contribution in [0.4, 0.5) is 0 Å². The summed E-state index contributed by atoms with van der Waals surface area (Å²) < 4.78 is 0. The molecule has 0 saturated heterocycles. The third-order valence-electron chi connectivity index (χ3n) is 5.79. The summed E-state index contributed by atoms with van der Waals surface area (Å²) in [6.45, 7) is 0. The number of nitrogens with one attached hydrogen (secondary N) is 3. The molecule has 1 unspecified atom stereocenters. The second-order valence-electron chi connectivity index (χ2n) is 8.54. The van der Waals surface area contributed by atoms with Crippen LogP contribution in [0.3, 0.4) is 0 Å². The van der Waals surface area contributed by atoms with Gasteiger partial charge in [0.1, 0.15) is 6.04 Å². The lowest BCUT2D eigenvalue weighted by Gasteiger charge is -2.19. The number of thioether (sulfide) groups is 1. The summed E-state index contributed by atoms with van der Waals surface area (Å²) in [5, 5.41) is 6.82. The van der Waals surface area contributed by atoms with Crippen molar-refractivity contribution in [3.05, 3.63) is 95.6 Å². The van der Waals surface area contributed by atoms with Crippen molar-refractivity contribution >= 4 is 34.6 Å². The van der Waals surface area contributed by atoms with Crippen LogP contribution in [0.2, 0.25) is 0 Å². The van der Waals surface area contributed by atoms with Gasteiger partial charge in [-0.25, -0.2) is 4.98 Å². The zero-order chi connectivity index (χ0) is 23.3. The number of H-pyrrole nitrogens is 1. The van der Waals surface area contributed by atoms with Crippen LogP contribution in [-0.2, 0) is 17.0 Å². The minimum Gasteiger partial charge on any atom is -0.352 e. The van der Waals surface area contributed by atoms with Crippen molar-refractivity contribution in [1.82, 2.24) is 20.6 Å². The lowest BCUT2D eigenvalue weighted by Crippen LogP contribution is -2.48. The van der Waals surface area contributed by atoms with Crippen LogP contribution in [0.25, 0.3) is 11.0 Å². The molecule has 1 aliphatic rings. The highest BCUT2D eigenvalue weighted by Crippen LogP contribution is 2.23. The molecule has 5 rings (SSSR count). The van der Waals surface area contributed by atoms with E-state index in [2.05, 4.69) is 20.6 Å². The third-order valence-corrected chi connectivity index (χ3v) is 6.73. The van der Waals surface area contributed by atoms with Gasteiger partial charge in [0.05, 0.1) is 11.0 Å². The van der Waals surface area contributed by atoms with Gasteiger partial charge in [-0.1, -0.05) is 66.4 Å². The molecule has 2 amide bonds. The maximum Gasteiger partial charge on any atom is 0.251 e. The first-order valence-electron chi connectivity index (χ1n) is 11.5. The molecule has 1 saturated carbocycles. The molecule has 6 nitrogen and oxygen atoms in total. The smallest absolute Gasteiger partial charge is 0.251 e. The molecule has 1 atom stereocenters. The molecule has 7 heteroatoms. The molecular formula is C27H26N4O2S. The standard InChI is InChI=1S/C27H26N4O2S/c32-25(29-24(26(33)28-21-14-15-21)16-18-6-2-1-3-7-18)20-12-10-19(11-13-20)17-34-27-30-22-8-4-5-9-23(22)31-27/h1-13,21,24H,14-17H2,(H,28,33)(H,29,32)(H,30,31). The molecule has 0 aliphatic heterocycles. The average Bonchev–Trinajstić information content (AvgIpc) is 3.58. The molecule has 0 spiro atoms. The number of hydrogen-bond acceptors (Lipinski definition) is 4. The molecule has 4 aromatic rings. The second kappa shape index (κ2) is 10.1. The topological polar surface area (TPSA) is 86.9 Å². The molecule has 34 heavy (non-hydrogen) atoms. The molecular weight excluding hydrogens is 444 g/mol. The first kappa shape index (κ1) is 22.2. The number of hydrogen-bond donors (Lipinski definition) is 3. The Hall–Kier alpha value is -3.58. The number of aromatic nitrogens is 2. The van der Waals surface area contributed by atoms with E-state index in [-0.39, 0.29) is 17.9 Å². The van der Waals surface area contributed by atoms with Crippen molar-refractivity contribution in [1.29, 1.82) is 0 Å².